The van der Waals surface area contributed by atoms with Crippen LogP contribution in [0.2, 0.25) is 0 Å². The maximum Gasteiger partial charge on any atom is 0.260 e. The lowest BCUT2D eigenvalue weighted by atomic mass is 10.1. The van der Waals surface area contributed by atoms with Crippen LogP contribution in [0.4, 0.5) is 4.39 Å². The molecule has 5 heteroatoms. The molecule has 1 N–H and O–H groups in total. The molecular formula is C19H22FNO3. The van der Waals surface area contributed by atoms with Crippen molar-refractivity contribution in [3.8, 4) is 11.5 Å². The Morgan fingerprint density at radius 1 is 1.17 bits per heavy atom. The molecule has 0 radical (unpaired) electrons. The quantitative estimate of drug-likeness (QED) is 0.755. The van der Waals surface area contributed by atoms with Gasteiger partial charge in [0.15, 0.2) is 6.10 Å². The molecule has 1 atom stereocenters. The molecule has 1 unspecified atom stereocenters. The number of benzene rings is 2. The molecule has 1 amide bonds. The number of hydrogen-bond donors (Lipinski definition) is 1. The minimum Gasteiger partial charge on any atom is -0.497 e. The van der Waals surface area contributed by atoms with Crippen molar-refractivity contribution in [1.82, 2.24) is 5.32 Å². The molecule has 2 rings (SSSR count). The Kier molecular flexibility index (Phi) is 6.61. The van der Waals surface area contributed by atoms with Crippen molar-refractivity contribution in [1.29, 1.82) is 0 Å². The molecule has 0 fully saturated rings. The Labute approximate surface area is 141 Å². The molecule has 0 saturated carbocycles. The van der Waals surface area contributed by atoms with Gasteiger partial charge in [0.2, 0.25) is 0 Å². The minimum absolute atomic E-state index is 0.190. The number of ether oxygens (including phenoxy) is 2. The highest BCUT2D eigenvalue weighted by Gasteiger charge is 2.13. The van der Waals surface area contributed by atoms with Gasteiger partial charge >= 0.3 is 0 Å². The first kappa shape index (κ1) is 17.8. The molecule has 0 spiro atoms. The molecule has 0 aliphatic carbocycles. The monoisotopic (exact) mass is 331 g/mol. The number of nitrogens with one attached hydrogen (secondary N) is 1. The number of carbonyl (C=O) groups excluding carboxylic acids is 1. The summed E-state index contributed by atoms with van der Waals surface area (Å²) in [4.78, 5) is 12.0. The van der Waals surface area contributed by atoms with Crippen molar-refractivity contribution in [2.24, 2.45) is 0 Å². The fourth-order valence-electron chi connectivity index (χ4n) is 2.25. The molecular weight excluding hydrogens is 309 g/mol. The summed E-state index contributed by atoms with van der Waals surface area (Å²) in [5.41, 5.74) is 1.17. The zero-order chi connectivity index (χ0) is 17.4. The van der Waals surface area contributed by atoms with Crippen molar-refractivity contribution < 1.29 is 18.7 Å². The Bertz CT molecular complexity index is 658. The molecule has 2 aromatic carbocycles. The molecule has 0 heterocycles. The van der Waals surface area contributed by atoms with E-state index in [1.54, 1.807) is 14.0 Å². The lowest BCUT2D eigenvalue weighted by molar-refractivity contribution is -0.127. The van der Waals surface area contributed by atoms with E-state index in [9.17, 15) is 9.18 Å². The van der Waals surface area contributed by atoms with Crippen LogP contribution in [0.5, 0.6) is 11.5 Å². The van der Waals surface area contributed by atoms with E-state index in [1.165, 1.54) is 29.8 Å². The van der Waals surface area contributed by atoms with Gasteiger partial charge in [0.25, 0.3) is 5.91 Å². The zero-order valence-corrected chi connectivity index (χ0v) is 13.9. The van der Waals surface area contributed by atoms with Gasteiger partial charge in [-0.25, -0.2) is 4.39 Å². The summed E-state index contributed by atoms with van der Waals surface area (Å²) in [6.07, 6.45) is 1.04. The van der Waals surface area contributed by atoms with Crippen molar-refractivity contribution in [2.75, 3.05) is 13.7 Å². The van der Waals surface area contributed by atoms with Crippen LogP contribution >= 0.6 is 0 Å². The summed E-state index contributed by atoms with van der Waals surface area (Å²) in [6.45, 7) is 2.23. The fraction of sp³-hybridized carbons (Fsp3) is 0.316. The van der Waals surface area contributed by atoms with Gasteiger partial charge in [0.05, 0.1) is 7.11 Å². The fourth-order valence-corrected chi connectivity index (χ4v) is 2.25. The molecule has 0 aromatic heterocycles. The van der Waals surface area contributed by atoms with Gasteiger partial charge in [0.1, 0.15) is 17.3 Å². The summed E-state index contributed by atoms with van der Waals surface area (Å²) >= 11 is 0. The van der Waals surface area contributed by atoms with E-state index in [-0.39, 0.29) is 11.7 Å². The summed E-state index contributed by atoms with van der Waals surface area (Å²) in [7, 11) is 1.64. The van der Waals surface area contributed by atoms with Gasteiger partial charge < -0.3 is 14.8 Å². The second-order valence-electron chi connectivity index (χ2n) is 5.46. The number of rotatable bonds is 8. The predicted molar refractivity (Wildman–Crippen MR) is 90.8 cm³/mol. The third-order valence-electron chi connectivity index (χ3n) is 3.57. The molecule has 0 saturated heterocycles. The summed E-state index contributed by atoms with van der Waals surface area (Å²) in [5.74, 6) is 0.773. The SMILES string of the molecule is COc1cccc(CCCNC(=O)C(C)Oc2ccc(F)cc2)c1. The highest BCUT2D eigenvalue weighted by Crippen LogP contribution is 2.14. The smallest absolute Gasteiger partial charge is 0.260 e. The van der Waals surface area contributed by atoms with Crippen LogP contribution in [0.25, 0.3) is 0 Å². The van der Waals surface area contributed by atoms with Gasteiger partial charge in [-0.2, -0.15) is 0 Å². The first-order valence-corrected chi connectivity index (χ1v) is 7.91. The van der Waals surface area contributed by atoms with Gasteiger partial charge in [0, 0.05) is 6.54 Å². The van der Waals surface area contributed by atoms with Crippen LogP contribution in [0.3, 0.4) is 0 Å². The van der Waals surface area contributed by atoms with Crippen molar-refractivity contribution >= 4 is 5.91 Å². The highest BCUT2D eigenvalue weighted by atomic mass is 19.1. The largest absolute Gasteiger partial charge is 0.497 e. The Morgan fingerprint density at radius 3 is 2.62 bits per heavy atom. The normalized spacial score (nSPS) is 11.6. The molecule has 0 bridgehead atoms. The van der Waals surface area contributed by atoms with Crippen LogP contribution in [0.1, 0.15) is 18.9 Å². The topological polar surface area (TPSA) is 47.6 Å². The number of amides is 1. The third-order valence-corrected chi connectivity index (χ3v) is 3.57. The van der Waals surface area contributed by atoms with Gasteiger partial charge in [-0.05, 0) is 61.7 Å². The Balaban J connectivity index is 1.71. The summed E-state index contributed by atoms with van der Waals surface area (Å²) in [6, 6.07) is 13.5. The van der Waals surface area contributed by atoms with Crippen LogP contribution in [-0.4, -0.2) is 25.7 Å². The van der Waals surface area contributed by atoms with Gasteiger partial charge in [-0.3, -0.25) is 4.79 Å². The summed E-state index contributed by atoms with van der Waals surface area (Å²) in [5, 5.41) is 2.84. The maximum absolute atomic E-state index is 12.8. The van der Waals surface area contributed by atoms with Crippen LogP contribution in [-0.2, 0) is 11.2 Å². The standard InChI is InChI=1S/C19H22FNO3/c1-14(24-17-10-8-16(20)9-11-17)19(22)21-12-4-6-15-5-3-7-18(13-15)23-2/h3,5,7-11,13-14H,4,6,12H2,1-2H3,(H,21,22). The highest BCUT2D eigenvalue weighted by molar-refractivity contribution is 5.80. The van der Waals surface area contributed by atoms with Crippen LogP contribution < -0.4 is 14.8 Å². The van der Waals surface area contributed by atoms with Crippen LogP contribution in [0.15, 0.2) is 48.5 Å². The van der Waals surface area contributed by atoms with E-state index in [0.29, 0.717) is 12.3 Å². The van der Waals surface area contributed by atoms with E-state index in [2.05, 4.69) is 5.32 Å². The number of halogens is 1. The minimum atomic E-state index is -0.632. The molecule has 0 aliphatic rings. The maximum atomic E-state index is 12.8. The van der Waals surface area contributed by atoms with Crippen molar-refractivity contribution in [3.05, 3.63) is 59.9 Å². The van der Waals surface area contributed by atoms with E-state index >= 15 is 0 Å². The first-order chi connectivity index (χ1) is 11.6. The van der Waals surface area contributed by atoms with E-state index in [0.717, 1.165) is 18.6 Å². The van der Waals surface area contributed by atoms with E-state index in [1.807, 2.05) is 24.3 Å². The average molecular weight is 331 g/mol. The second-order valence-corrected chi connectivity index (χ2v) is 5.46. The van der Waals surface area contributed by atoms with Gasteiger partial charge in [-0.15, -0.1) is 0 Å². The Morgan fingerprint density at radius 2 is 1.92 bits per heavy atom. The van der Waals surface area contributed by atoms with Crippen LogP contribution in [0, 0.1) is 5.82 Å². The van der Waals surface area contributed by atoms with E-state index in [4.69, 9.17) is 9.47 Å². The number of aryl methyl sites for hydroxylation is 1. The average Bonchev–Trinajstić information content (AvgIpc) is 2.60. The Hall–Kier alpha value is -2.56. The number of carbonyl (C=O) groups is 1. The number of methoxy groups -OCH3 is 1. The molecule has 128 valence electrons. The lowest BCUT2D eigenvalue weighted by Gasteiger charge is -2.14. The second kappa shape index (κ2) is 8.91. The third kappa shape index (κ3) is 5.57. The first-order valence-electron chi connectivity index (χ1n) is 7.91. The van der Waals surface area contributed by atoms with E-state index < -0.39 is 6.10 Å². The molecule has 4 nitrogen and oxygen atoms in total. The molecule has 0 aliphatic heterocycles. The zero-order valence-electron chi connectivity index (χ0n) is 13.9. The van der Waals surface area contributed by atoms with Gasteiger partial charge in [-0.1, -0.05) is 12.1 Å². The predicted octanol–water partition coefficient (Wildman–Crippen LogP) is 3.35. The molecule has 24 heavy (non-hydrogen) atoms. The lowest BCUT2D eigenvalue weighted by Crippen LogP contribution is -2.36. The van der Waals surface area contributed by atoms with Crippen molar-refractivity contribution in [3.63, 3.8) is 0 Å². The van der Waals surface area contributed by atoms with Crippen molar-refractivity contribution in [2.45, 2.75) is 25.9 Å². The number of hydrogen-bond acceptors (Lipinski definition) is 3. The summed E-state index contributed by atoms with van der Waals surface area (Å²) < 4.78 is 23.5. The molecule has 2 aromatic rings.